The predicted molar refractivity (Wildman–Crippen MR) is 81.9 cm³/mol. The van der Waals surface area contributed by atoms with Gasteiger partial charge < -0.3 is 9.47 Å². The van der Waals surface area contributed by atoms with E-state index in [0.717, 1.165) is 35.6 Å². The fourth-order valence-corrected chi connectivity index (χ4v) is 3.04. The van der Waals surface area contributed by atoms with Crippen molar-refractivity contribution in [3.05, 3.63) is 18.2 Å². The van der Waals surface area contributed by atoms with Crippen molar-refractivity contribution in [3.8, 4) is 11.8 Å². The Morgan fingerprint density at radius 1 is 1.00 bits per heavy atom. The van der Waals surface area contributed by atoms with Crippen LogP contribution in [0.25, 0.3) is 11.0 Å². The summed E-state index contributed by atoms with van der Waals surface area (Å²) in [5, 5.41) is 0. The van der Waals surface area contributed by atoms with Crippen LogP contribution in [-0.4, -0.2) is 21.8 Å². The highest BCUT2D eigenvalue weighted by Gasteiger charge is 2.24. The molecule has 2 fully saturated rings. The van der Waals surface area contributed by atoms with Gasteiger partial charge in [0, 0.05) is 13.1 Å². The van der Waals surface area contributed by atoms with Crippen LogP contribution >= 0.6 is 0 Å². The van der Waals surface area contributed by atoms with E-state index in [2.05, 4.69) is 11.1 Å². The second-order valence-electron chi connectivity index (χ2n) is 6.30. The molecule has 4 heteroatoms. The van der Waals surface area contributed by atoms with Gasteiger partial charge in [-0.3, -0.25) is 4.57 Å². The monoisotopic (exact) mass is 286 g/mol. The van der Waals surface area contributed by atoms with Crippen molar-refractivity contribution >= 4 is 11.0 Å². The number of benzene rings is 1. The molecule has 0 amide bonds. The van der Waals surface area contributed by atoms with Crippen molar-refractivity contribution in [3.63, 3.8) is 0 Å². The summed E-state index contributed by atoms with van der Waals surface area (Å²) in [6.07, 6.45) is 9.30. The Hall–Kier alpha value is -1.71. The third-order valence-electron chi connectivity index (χ3n) is 4.46. The molecule has 1 aromatic heterocycles. The second kappa shape index (κ2) is 5.24. The van der Waals surface area contributed by atoms with Crippen molar-refractivity contribution in [1.82, 2.24) is 9.55 Å². The average molecular weight is 286 g/mol. The molecule has 0 aliphatic heterocycles. The lowest BCUT2D eigenvalue weighted by molar-refractivity contribution is 0.138. The van der Waals surface area contributed by atoms with Crippen LogP contribution in [-0.2, 0) is 7.05 Å². The lowest BCUT2D eigenvalue weighted by Crippen LogP contribution is -2.21. The van der Waals surface area contributed by atoms with E-state index >= 15 is 0 Å². The predicted octanol–water partition coefficient (Wildman–Crippen LogP) is 3.83. The van der Waals surface area contributed by atoms with Gasteiger partial charge in [-0.2, -0.15) is 4.98 Å². The summed E-state index contributed by atoms with van der Waals surface area (Å²) in [6.45, 7) is 0. The summed E-state index contributed by atoms with van der Waals surface area (Å²) < 4.78 is 14.0. The molecule has 2 aromatic rings. The van der Waals surface area contributed by atoms with Crippen molar-refractivity contribution < 1.29 is 9.47 Å². The summed E-state index contributed by atoms with van der Waals surface area (Å²) in [4.78, 5) is 4.63. The van der Waals surface area contributed by atoms with E-state index in [1.165, 1.54) is 32.1 Å². The van der Waals surface area contributed by atoms with Gasteiger partial charge in [-0.05, 0) is 50.7 Å². The molecule has 21 heavy (non-hydrogen) atoms. The van der Waals surface area contributed by atoms with Crippen LogP contribution in [0.4, 0.5) is 0 Å². The summed E-state index contributed by atoms with van der Waals surface area (Å²) in [5.41, 5.74) is 2.06. The zero-order valence-corrected chi connectivity index (χ0v) is 12.5. The highest BCUT2D eigenvalue weighted by Crippen LogP contribution is 2.31. The van der Waals surface area contributed by atoms with E-state index in [9.17, 15) is 0 Å². The Morgan fingerprint density at radius 3 is 2.52 bits per heavy atom. The Balaban J connectivity index is 1.58. The minimum Gasteiger partial charge on any atom is -0.490 e. The van der Waals surface area contributed by atoms with Gasteiger partial charge in [0.15, 0.2) is 0 Å². The molecule has 2 aliphatic carbocycles. The third-order valence-corrected chi connectivity index (χ3v) is 4.46. The molecule has 1 aromatic carbocycles. The minimum absolute atomic E-state index is 0.330. The van der Waals surface area contributed by atoms with Crippen LogP contribution in [0.3, 0.4) is 0 Å². The molecule has 2 aliphatic rings. The van der Waals surface area contributed by atoms with Crippen LogP contribution in [0.1, 0.15) is 44.9 Å². The third kappa shape index (κ3) is 2.71. The SMILES string of the molecule is Cn1c(OC2CCCCC2)nc2ccc(OC3CC3)cc21. The first-order valence-electron chi connectivity index (χ1n) is 8.09. The number of hydrogen-bond acceptors (Lipinski definition) is 3. The number of fused-ring (bicyclic) bond motifs is 1. The van der Waals surface area contributed by atoms with Crippen molar-refractivity contribution in [2.24, 2.45) is 7.05 Å². The Labute approximate surface area is 125 Å². The second-order valence-corrected chi connectivity index (χ2v) is 6.30. The first kappa shape index (κ1) is 13.0. The average Bonchev–Trinajstić information content (AvgIpc) is 3.27. The number of imidazole rings is 1. The summed E-state index contributed by atoms with van der Waals surface area (Å²) in [6, 6.07) is 6.85. The number of aromatic nitrogens is 2. The maximum atomic E-state index is 6.12. The van der Waals surface area contributed by atoms with Gasteiger partial charge in [0.05, 0.1) is 17.1 Å². The normalized spacial score (nSPS) is 19.9. The van der Waals surface area contributed by atoms with Gasteiger partial charge in [-0.1, -0.05) is 6.42 Å². The zero-order valence-electron chi connectivity index (χ0n) is 12.5. The Kier molecular flexibility index (Phi) is 3.24. The Bertz CT molecular complexity index is 640. The summed E-state index contributed by atoms with van der Waals surface area (Å²) in [7, 11) is 2.02. The first-order chi connectivity index (χ1) is 10.3. The van der Waals surface area contributed by atoms with E-state index in [0.29, 0.717) is 12.2 Å². The molecule has 112 valence electrons. The van der Waals surface area contributed by atoms with Crippen LogP contribution in [0.15, 0.2) is 18.2 Å². The molecule has 0 spiro atoms. The van der Waals surface area contributed by atoms with Crippen LogP contribution in [0.5, 0.6) is 11.8 Å². The first-order valence-corrected chi connectivity index (χ1v) is 8.09. The molecule has 1 heterocycles. The van der Waals surface area contributed by atoms with E-state index in [1.807, 2.05) is 23.7 Å². The highest BCUT2D eigenvalue weighted by molar-refractivity contribution is 5.78. The molecule has 4 rings (SSSR count). The summed E-state index contributed by atoms with van der Waals surface area (Å²) >= 11 is 0. The summed E-state index contributed by atoms with van der Waals surface area (Å²) in [5.74, 6) is 0.942. The van der Waals surface area contributed by atoms with Crippen molar-refractivity contribution in [2.45, 2.75) is 57.2 Å². The molecular formula is C17H22N2O2. The van der Waals surface area contributed by atoms with E-state index in [1.54, 1.807) is 0 Å². The molecule has 0 bridgehead atoms. The lowest BCUT2D eigenvalue weighted by Gasteiger charge is -2.22. The van der Waals surface area contributed by atoms with Gasteiger partial charge in [0.2, 0.25) is 0 Å². The fraction of sp³-hybridized carbons (Fsp3) is 0.588. The number of rotatable bonds is 4. The molecule has 0 radical (unpaired) electrons. The van der Waals surface area contributed by atoms with Crippen molar-refractivity contribution in [2.75, 3.05) is 0 Å². The minimum atomic E-state index is 0.330. The fourth-order valence-electron chi connectivity index (χ4n) is 3.04. The molecule has 0 atom stereocenters. The molecule has 4 nitrogen and oxygen atoms in total. The maximum absolute atomic E-state index is 6.12. The van der Waals surface area contributed by atoms with Gasteiger partial charge in [0.25, 0.3) is 6.01 Å². The van der Waals surface area contributed by atoms with Crippen LogP contribution in [0, 0.1) is 0 Å². The van der Waals surface area contributed by atoms with E-state index < -0.39 is 0 Å². The number of ether oxygens (including phenoxy) is 2. The maximum Gasteiger partial charge on any atom is 0.297 e. The van der Waals surface area contributed by atoms with E-state index in [4.69, 9.17) is 9.47 Å². The van der Waals surface area contributed by atoms with E-state index in [-0.39, 0.29) is 0 Å². The molecular weight excluding hydrogens is 264 g/mol. The van der Waals surface area contributed by atoms with Crippen LogP contribution in [0.2, 0.25) is 0 Å². The topological polar surface area (TPSA) is 36.3 Å². The zero-order chi connectivity index (χ0) is 14.2. The molecule has 0 N–H and O–H groups in total. The Morgan fingerprint density at radius 2 is 1.76 bits per heavy atom. The van der Waals surface area contributed by atoms with Crippen LogP contribution < -0.4 is 9.47 Å². The molecule has 0 saturated heterocycles. The quantitative estimate of drug-likeness (QED) is 0.857. The largest absolute Gasteiger partial charge is 0.490 e. The van der Waals surface area contributed by atoms with Gasteiger partial charge in [0.1, 0.15) is 11.9 Å². The van der Waals surface area contributed by atoms with Gasteiger partial charge >= 0.3 is 0 Å². The molecule has 2 saturated carbocycles. The number of nitrogens with zero attached hydrogens (tertiary/aromatic N) is 2. The number of aryl methyl sites for hydroxylation is 1. The standard InChI is InChI=1S/C17H22N2O2/c1-19-16-11-14(20-13-7-8-13)9-10-15(16)18-17(19)21-12-5-3-2-4-6-12/h9-13H,2-8H2,1H3. The van der Waals surface area contributed by atoms with Gasteiger partial charge in [-0.25, -0.2) is 0 Å². The lowest BCUT2D eigenvalue weighted by atomic mass is 9.98. The van der Waals surface area contributed by atoms with Crippen molar-refractivity contribution in [1.29, 1.82) is 0 Å². The number of hydrogen-bond donors (Lipinski definition) is 0. The van der Waals surface area contributed by atoms with Gasteiger partial charge in [-0.15, -0.1) is 0 Å². The highest BCUT2D eigenvalue weighted by atomic mass is 16.5. The molecule has 0 unspecified atom stereocenters. The smallest absolute Gasteiger partial charge is 0.297 e.